The van der Waals surface area contributed by atoms with Gasteiger partial charge in [-0.15, -0.1) is 0 Å². The number of halogens is 2. The molecule has 4 bridgehead atoms. The fourth-order valence-corrected chi connectivity index (χ4v) is 5.96. The van der Waals surface area contributed by atoms with Crippen LogP contribution >= 0.6 is 0 Å². The maximum atomic E-state index is 14.9. The van der Waals surface area contributed by atoms with E-state index < -0.39 is 11.6 Å². The van der Waals surface area contributed by atoms with E-state index in [1.54, 1.807) is 0 Å². The highest BCUT2D eigenvalue weighted by atomic mass is 19.2. The highest BCUT2D eigenvalue weighted by Gasteiger charge is 2.57. The molecular formula is C24H24F2N6O. The van der Waals surface area contributed by atoms with Gasteiger partial charge in [-0.3, -0.25) is 0 Å². The van der Waals surface area contributed by atoms with E-state index in [9.17, 15) is 8.78 Å². The minimum Gasteiger partial charge on any atom is -0.490 e. The van der Waals surface area contributed by atoms with Gasteiger partial charge in [0, 0.05) is 30.6 Å². The summed E-state index contributed by atoms with van der Waals surface area (Å²) in [4.78, 5) is 15.6. The molecule has 3 saturated carbocycles. The maximum absolute atomic E-state index is 14.9. The van der Waals surface area contributed by atoms with E-state index >= 15 is 0 Å². The quantitative estimate of drug-likeness (QED) is 0.592. The molecule has 2 aromatic heterocycles. The molecule has 9 heteroatoms. The van der Waals surface area contributed by atoms with Crippen LogP contribution in [0.5, 0.6) is 5.75 Å². The molecule has 5 fully saturated rings. The number of hydrogen-bond donors (Lipinski definition) is 2. The van der Waals surface area contributed by atoms with Crippen molar-refractivity contribution in [2.24, 2.45) is 11.3 Å². The molecule has 2 aliphatic heterocycles. The Morgan fingerprint density at radius 3 is 2.73 bits per heavy atom. The van der Waals surface area contributed by atoms with Gasteiger partial charge in [-0.2, -0.15) is 4.39 Å². The van der Waals surface area contributed by atoms with Crippen molar-refractivity contribution in [1.82, 2.24) is 20.3 Å². The Morgan fingerprint density at radius 2 is 2.00 bits per heavy atom. The van der Waals surface area contributed by atoms with Gasteiger partial charge in [0.15, 0.2) is 17.4 Å². The Balaban J connectivity index is 1.16. The van der Waals surface area contributed by atoms with Crippen molar-refractivity contribution in [3.63, 3.8) is 0 Å². The van der Waals surface area contributed by atoms with Gasteiger partial charge >= 0.3 is 0 Å². The monoisotopic (exact) mass is 450 g/mol. The molecule has 2 N–H and O–H groups in total. The second kappa shape index (κ2) is 6.96. The third kappa shape index (κ3) is 3.05. The molecule has 33 heavy (non-hydrogen) atoms. The van der Waals surface area contributed by atoms with Gasteiger partial charge in [0.1, 0.15) is 17.7 Å². The van der Waals surface area contributed by atoms with E-state index in [-0.39, 0.29) is 16.9 Å². The van der Waals surface area contributed by atoms with Crippen LogP contribution in [0.4, 0.5) is 26.1 Å². The van der Waals surface area contributed by atoms with Crippen molar-refractivity contribution in [3.05, 3.63) is 42.2 Å². The van der Waals surface area contributed by atoms with Crippen LogP contribution in [-0.2, 0) is 0 Å². The zero-order valence-electron chi connectivity index (χ0n) is 18.0. The summed E-state index contributed by atoms with van der Waals surface area (Å²) in [6, 6.07) is 7.72. The molecule has 3 aromatic rings. The molecule has 4 heterocycles. The van der Waals surface area contributed by atoms with Crippen molar-refractivity contribution in [2.75, 3.05) is 29.9 Å². The number of piperazine rings is 1. The predicted octanol–water partition coefficient (Wildman–Crippen LogP) is 3.78. The summed E-state index contributed by atoms with van der Waals surface area (Å²) >= 11 is 0. The lowest BCUT2D eigenvalue weighted by Crippen LogP contribution is -2.55. The number of fused-ring (bicyclic) bond motifs is 3. The Hall–Kier alpha value is -3.07. The molecule has 0 unspecified atom stereocenters. The van der Waals surface area contributed by atoms with Gasteiger partial charge in [-0.1, -0.05) is 0 Å². The summed E-state index contributed by atoms with van der Waals surface area (Å²) in [6.07, 6.45) is 5.92. The summed E-state index contributed by atoms with van der Waals surface area (Å²) in [7, 11) is 0. The van der Waals surface area contributed by atoms with Crippen molar-refractivity contribution >= 4 is 28.4 Å². The van der Waals surface area contributed by atoms with Gasteiger partial charge in [-0.25, -0.2) is 19.3 Å². The molecule has 170 valence electrons. The number of benzene rings is 1. The van der Waals surface area contributed by atoms with E-state index in [4.69, 9.17) is 9.72 Å². The largest absolute Gasteiger partial charge is 0.490 e. The smallest absolute Gasteiger partial charge is 0.202 e. The van der Waals surface area contributed by atoms with E-state index in [1.165, 1.54) is 18.5 Å². The Bertz CT molecular complexity index is 1250. The van der Waals surface area contributed by atoms with Gasteiger partial charge in [0.2, 0.25) is 5.82 Å². The summed E-state index contributed by atoms with van der Waals surface area (Å²) in [5.41, 5.74) is 1.34. The average Bonchev–Trinajstić information content (AvgIpc) is 3.40. The van der Waals surface area contributed by atoms with Crippen molar-refractivity contribution in [3.8, 4) is 5.75 Å². The third-order valence-corrected chi connectivity index (χ3v) is 7.82. The first-order valence-corrected chi connectivity index (χ1v) is 11.6. The molecule has 0 spiro atoms. The molecule has 2 saturated heterocycles. The van der Waals surface area contributed by atoms with Crippen LogP contribution in [0.1, 0.15) is 25.7 Å². The third-order valence-electron chi connectivity index (χ3n) is 7.82. The van der Waals surface area contributed by atoms with E-state index in [1.807, 2.05) is 12.1 Å². The lowest BCUT2D eigenvalue weighted by atomic mass is 9.45. The van der Waals surface area contributed by atoms with Crippen LogP contribution in [-0.4, -0.2) is 46.7 Å². The fourth-order valence-electron chi connectivity index (χ4n) is 5.96. The van der Waals surface area contributed by atoms with Gasteiger partial charge in [-0.05, 0) is 55.9 Å². The second-order valence-corrected chi connectivity index (χ2v) is 10.0. The lowest BCUT2D eigenvalue weighted by molar-refractivity contribution is -0.132. The number of ether oxygens (including phenoxy) is 1. The first kappa shape index (κ1) is 19.4. The molecule has 2 atom stereocenters. The highest BCUT2D eigenvalue weighted by molar-refractivity contribution is 5.88. The zero-order valence-corrected chi connectivity index (χ0v) is 18.0. The van der Waals surface area contributed by atoms with Crippen LogP contribution in [0, 0.1) is 23.0 Å². The Labute approximate surface area is 189 Å². The molecule has 5 aliphatic rings. The van der Waals surface area contributed by atoms with Crippen molar-refractivity contribution < 1.29 is 13.5 Å². The predicted molar refractivity (Wildman–Crippen MR) is 120 cm³/mol. The minimum atomic E-state index is -0.990. The lowest BCUT2D eigenvalue weighted by Gasteiger charge is -2.61. The van der Waals surface area contributed by atoms with E-state index in [0.717, 1.165) is 50.5 Å². The number of aromatic nitrogens is 3. The van der Waals surface area contributed by atoms with E-state index in [0.29, 0.717) is 35.5 Å². The molecule has 8 rings (SSSR count). The number of nitrogens with zero attached hydrogens (tertiary/aromatic N) is 4. The molecule has 0 amide bonds. The van der Waals surface area contributed by atoms with Crippen LogP contribution in [0.25, 0.3) is 11.0 Å². The first-order chi connectivity index (χ1) is 16.1. The summed E-state index contributed by atoms with van der Waals surface area (Å²) in [5, 5.41) is 6.41. The van der Waals surface area contributed by atoms with Crippen LogP contribution < -0.4 is 20.3 Å². The summed E-state index contributed by atoms with van der Waals surface area (Å²) in [5.74, 6) is -0.0251. The normalized spacial score (nSPS) is 29.2. The standard InChI is InChI=1S/C24H24F2N6O/c25-20-16(1-3-18(21(20)26)33-11-24-6-13(7-24)8-24)30-23-22-17(28-12-29-23)2-4-19(31-22)32-10-14-5-15(32)9-27-14/h1-4,12-15,27H,5-11H2,(H,28,29,30)/t13?,14-,15-,24?/m0/s1. The average molecular weight is 450 g/mol. The van der Waals surface area contributed by atoms with Crippen LogP contribution in [0.2, 0.25) is 0 Å². The molecule has 1 aromatic carbocycles. The molecule has 0 radical (unpaired) electrons. The molecular weight excluding hydrogens is 426 g/mol. The number of nitrogens with one attached hydrogen (secondary N) is 2. The van der Waals surface area contributed by atoms with Crippen molar-refractivity contribution in [2.45, 2.75) is 37.8 Å². The second-order valence-electron chi connectivity index (χ2n) is 10.0. The van der Waals surface area contributed by atoms with Crippen LogP contribution in [0.3, 0.4) is 0 Å². The maximum Gasteiger partial charge on any atom is 0.202 e. The van der Waals surface area contributed by atoms with E-state index in [2.05, 4.69) is 25.5 Å². The topological polar surface area (TPSA) is 75.2 Å². The van der Waals surface area contributed by atoms with Crippen molar-refractivity contribution in [1.29, 1.82) is 0 Å². The SMILES string of the molecule is Fc1c(Nc2ncnc3ccc(N4C[C@@H]5C[C@H]4CN5)nc23)ccc(OCC23CC(C2)C3)c1F. The van der Waals surface area contributed by atoms with Gasteiger partial charge in [0.25, 0.3) is 0 Å². The number of rotatable bonds is 6. The van der Waals surface area contributed by atoms with Gasteiger partial charge in [0.05, 0.1) is 17.8 Å². The number of pyridine rings is 1. The molecule has 7 nitrogen and oxygen atoms in total. The van der Waals surface area contributed by atoms with Gasteiger partial charge < -0.3 is 20.3 Å². The number of anilines is 3. The fraction of sp³-hybridized carbons (Fsp3) is 0.458. The summed E-state index contributed by atoms with van der Waals surface area (Å²) in [6.45, 7) is 2.30. The number of hydrogen-bond acceptors (Lipinski definition) is 7. The minimum absolute atomic E-state index is 0.0120. The Kier molecular flexibility index (Phi) is 4.09. The molecule has 3 aliphatic carbocycles. The Morgan fingerprint density at radius 1 is 1.12 bits per heavy atom. The highest BCUT2D eigenvalue weighted by Crippen LogP contribution is 2.64. The van der Waals surface area contributed by atoms with Crippen LogP contribution in [0.15, 0.2) is 30.6 Å². The first-order valence-electron chi connectivity index (χ1n) is 11.6. The summed E-state index contributed by atoms with van der Waals surface area (Å²) < 4.78 is 35.3. The zero-order chi connectivity index (χ0) is 22.2.